The normalized spacial score (nSPS) is 12.2. The van der Waals surface area contributed by atoms with Crippen LogP contribution in [0.3, 0.4) is 0 Å². The fourth-order valence-corrected chi connectivity index (χ4v) is 4.84. The highest BCUT2D eigenvalue weighted by Gasteiger charge is 2.19. The Labute approximate surface area is 172 Å². The Morgan fingerprint density at radius 1 is 0.966 bits per heavy atom. The summed E-state index contributed by atoms with van der Waals surface area (Å²) in [5.74, 6) is 1.07. The van der Waals surface area contributed by atoms with Crippen LogP contribution < -0.4 is 14.2 Å². The van der Waals surface area contributed by atoms with Crippen LogP contribution in [0.25, 0.3) is 0 Å². The molecule has 0 saturated heterocycles. The molecular weight excluding hydrogens is 416 g/mol. The van der Waals surface area contributed by atoms with Crippen molar-refractivity contribution in [1.82, 2.24) is 9.03 Å². The Kier molecular flexibility index (Phi) is 7.28. The van der Waals surface area contributed by atoms with Gasteiger partial charge in [-0.2, -0.15) is 0 Å². The highest BCUT2D eigenvalue weighted by atomic mass is 32.2. The van der Waals surface area contributed by atoms with E-state index >= 15 is 0 Å². The number of sulfonamides is 2. The van der Waals surface area contributed by atoms with Crippen molar-refractivity contribution in [2.45, 2.75) is 23.6 Å². The number of nitrogens with one attached hydrogen (secondary N) is 1. The molecule has 2 aromatic rings. The maximum Gasteiger partial charge on any atom is 0.242 e. The lowest BCUT2D eigenvalue weighted by Gasteiger charge is -2.14. The number of ether oxygens (including phenoxy) is 2. The van der Waals surface area contributed by atoms with Crippen LogP contribution in [0.15, 0.2) is 46.2 Å². The van der Waals surface area contributed by atoms with Gasteiger partial charge in [0.15, 0.2) is 0 Å². The first kappa shape index (κ1) is 23.1. The third-order valence-corrected chi connectivity index (χ3v) is 7.68. The molecule has 0 aliphatic heterocycles. The number of benzene rings is 2. The molecule has 0 spiro atoms. The van der Waals surface area contributed by atoms with Gasteiger partial charge in [-0.1, -0.05) is 0 Å². The number of nitrogens with zero attached hydrogens (tertiary/aromatic N) is 1. The summed E-state index contributed by atoms with van der Waals surface area (Å²) in [6, 6.07) is 9.20. The summed E-state index contributed by atoms with van der Waals surface area (Å²) in [6.07, 6.45) is 0. The van der Waals surface area contributed by atoms with Crippen LogP contribution in [0.4, 0.5) is 0 Å². The molecule has 0 aromatic heterocycles. The maximum absolute atomic E-state index is 12.6. The average molecular weight is 443 g/mol. The molecule has 10 heteroatoms. The van der Waals surface area contributed by atoms with Crippen molar-refractivity contribution in [2.24, 2.45) is 0 Å². The summed E-state index contributed by atoms with van der Waals surface area (Å²) < 4.78 is 63.5. The van der Waals surface area contributed by atoms with Gasteiger partial charge in [0.1, 0.15) is 18.1 Å². The standard InChI is InChI=1S/C19H26N2O6S2/c1-14-13-19(15(2)12-18(14)26-5)28(22,23)20-10-11-27-16-6-8-17(9-7-16)29(24,25)21(3)4/h6-9,12-13,20H,10-11H2,1-5H3. The van der Waals surface area contributed by atoms with Crippen LogP contribution in [0.5, 0.6) is 11.5 Å². The molecule has 160 valence electrons. The second-order valence-electron chi connectivity index (χ2n) is 6.59. The van der Waals surface area contributed by atoms with Gasteiger partial charge in [-0.3, -0.25) is 0 Å². The first-order valence-electron chi connectivity index (χ1n) is 8.79. The van der Waals surface area contributed by atoms with Crippen molar-refractivity contribution in [3.63, 3.8) is 0 Å². The lowest BCUT2D eigenvalue weighted by atomic mass is 10.1. The topological polar surface area (TPSA) is 102 Å². The Hall–Kier alpha value is -2.14. The van der Waals surface area contributed by atoms with Crippen LogP contribution in [-0.2, 0) is 20.0 Å². The predicted octanol–water partition coefficient (Wildman–Crippen LogP) is 1.92. The highest BCUT2D eigenvalue weighted by Crippen LogP contribution is 2.25. The second kappa shape index (κ2) is 9.12. The molecule has 0 aliphatic rings. The first-order valence-corrected chi connectivity index (χ1v) is 11.7. The maximum atomic E-state index is 12.6. The van der Waals surface area contributed by atoms with Gasteiger partial charge in [0.2, 0.25) is 20.0 Å². The van der Waals surface area contributed by atoms with Gasteiger partial charge in [0.05, 0.1) is 16.9 Å². The van der Waals surface area contributed by atoms with Crippen LogP contribution in [0, 0.1) is 13.8 Å². The Morgan fingerprint density at radius 3 is 2.14 bits per heavy atom. The molecule has 0 fully saturated rings. The van der Waals surface area contributed by atoms with Crippen LogP contribution in [-0.4, -0.2) is 55.5 Å². The molecule has 0 saturated carbocycles. The Balaban J connectivity index is 1.97. The van der Waals surface area contributed by atoms with Crippen molar-refractivity contribution in [1.29, 1.82) is 0 Å². The minimum atomic E-state index is -3.70. The SMILES string of the molecule is COc1cc(C)c(S(=O)(=O)NCCOc2ccc(S(=O)(=O)N(C)C)cc2)cc1C. The molecule has 0 bridgehead atoms. The molecule has 0 heterocycles. The molecule has 0 atom stereocenters. The molecule has 2 aromatic carbocycles. The summed E-state index contributed by atoms with van der Waals surface area (Å²) in [6.45, 7) is 3.63. The Bertz CT molecular complexity index is 1060. The van der Waals surface area contributed by atoms with Crippen molar-refractivity contribution in [2.75, 3.05) is 34.4 Å². The molecule has 29 heavy (non-hydrogen) atoms. The molecule has 0 unspecified atom stereocenters. The third-order valence-electron chi connectivity index (χ3n) is 4.25. The van der Waals surface area contributed by atoms with Gasteiger partial charge in [0, 0.05) is 20.6 Å². The fourth-order valence-electron chi connectivity index (χ4n) is 2.61. The first-order chi connectivity index (χ1) is 13.5. The van der Waals surface area contributed by atoms with Crippen molar-refractivity contribution < 1.29 is 26.3 Å². The van der Waals surface area contributed by atoms with E-state index in [1.807, 2.05) is 0 Å². The fraction of sp³-hybridized carbons (Fsp3) is 0.368. The average Bonchev–Trinajstić information content (AvgIpc) is 2.66. The lowest BCUT2D eigenvalue weighted by molar-refractivity contribution is 0.322. The predicted molar refractivity (Wildman–Crippen MR) is 110 cm³/mol. The van der Waals surface area contributed by atoms with Gasteiger partial charge in [-0.25, -0.2) is 25.9 Å². The summed E-state index contributed by atoms with van der Waals surface area (Å²) in [5.41, 5.74) is 1.31. The van der Waals surface area contributed by atoms with Gasteiger partial charge in [-0.05, 0) is 61.4 Å². The van der Waals surface area contributed by atoms with E-state index < -0.39 is 20.0 Å². The molecule has 0 radical (unpaired) electrons. The van der Waals surface area contributed by atoms with E-state index in [1.165, 1.54) is 45.5 Å². The van der Waals surface area contributed by atoms with E-state index in [9.17, 15) is 16.8 Å². The van der Waals surface area contributed by atoms with Crippen LogP contribution in [0.1, 0.15) is 11.1 Å². The van der Waals surface area contributed by atoms with Gasteiger partial charge < -0.3 is 9.47 Å². The zero-order chi connectivity index (χ0) is 21.8. The van der Waals surface area contributed by atoms with Crippen molar-refractivity contribution in [3.8, 4) is 11.5 Å². The number of aryl methyl sites for hydroxylation is 2. The van der Waals surface area contributed by atoms with E-state index in [2.05, 4.69) is 4.72 Å². The lowest BCUT2D eigenvalue weighted by Crippen LogP contribution is -2.29. The highest BCUT2D eigenvalue weighted by molar-refractivity contribution is 7.89. The van der Waals surface area contributed by atoms with E-state index in [1.54, 1.807) is 26.0 Å². The second-order valence-corrected chi connectivity index (χ2v) is 10.5. The zero-order valence-electron chi connectivity index (χ0n) is 17.1. The van der Waals surface area contributed by atoms with E-state index in [-0.39, 0.29) is 22.9 Å². The molecule has 0 amide bonds. The van der Waals surface area contributed by atoms with Crippen molar-refractivity contribution in [3.05, 3.63) is 47.5 Å². The molecular formula is C19H26N2O6S2. The largest absolute Gasteiger partial charge is 0.496 e. The smallest absolute Gasteiger partial charge is 0.242 e. The quantitative estimate of drug-likeness (QED) is 0.596. The molecule has 2 rings (SSSR count). The van der Waals surface area contributed by atoms with Crippen LogP contribution >= 0.6 is 0 Å². The zero-order valence-corrected chi connectivity index (χ0v) is 18.7. The van der Waals surface area contributed by atoms with Gasteiger partial charge in [-0.15, -0.1) is 0 Å². The van der Waals surface area contributed by atoms with Crippen molar-refractivity contribution >= 4 is 20.0 Å². The monoisotopic (exact) mass is 442 g/mol. The number of rotatable bonds is 9. The third kappa shape index (κ3) is 5.47. The summed E-state index contributed by atoms with van der Waals surface area (Å²) in [5, 5.41) is 0. The summed E-state index contributed by atoms with van der Waals surface area (Å²) in [7, 11) is -2.76. The van der Waals surface area contributed by atoms with E-state index in [0.717, 1.165) is 9.87 Å². The summed E-state index contributed by atoms with van der Waals surface area (Å²) in [4.78, 5) is 0.343. The minimum absolute atomic E-state index is 0.0601. The number of hydrogen-bond donors (Lipinski definition) is 1. The molecule has 0 aliphatic carbocycles. The van der Waals surface area contributed by atoms with E-state index in [0.29, 0.717) is 17.1 Å². The minimum Gasteiger partial charge on any atom is -0.496 e. The number of hydrogen-bond acceptors (Lipinski definition) is 6. The molecule has 1 N–H and O–H groups in total. The van der Waals surface area contributed by atoms with E-state index in [4.69, 9.17) is 9.47 Å². The molecule has 8 nitrogen and oxygen atoms in total. The summed E-state index contributed by atoms with van der Waals surface area (Å²) >= 11 is 0. The van der Waals surface area contributed by atoms with Gasteiger partial charge in [0.25, 0.3) is 0 Å². The van der Waals surface area contributed by atoms with Crippen LogP contribution in [0.2, 0.25) is 0 Å². The van der Waals surface area contributed by atoms with Gasteiger partial charge >= 0.3 is 0 Å². The number of methoxy groups -OCH3 is 1. The Morgan fingerprint density at radius 2 is 1.59 bits per heavy atom.